The highest BCUT2D eigenvalue weighted by atomic mass is 19.1. The van der Waals surface area contributed by atoms with Gasteiger partial charge in [-0.25, -0.2) is 0 Å². The zero-order valence-corrected chi connectivity index (χ0v) is 16.6. The van der Waals surface area contributed by atoms with Crippen molar-refractivity contribution in [3.8, 4) is 11.5 Å². The van der Waals surface area contributed by atoms with Crippen LogP contribution in [0.2, 0.25) is 0 Å². The quantitative estimate of drug-likeness (QED) is 0.652. The maximum absolute atomic E-state index is 13.1. The number of hydrogen-bond donors (Lipinski definition) is 0. The average molecular weight is 378 g/mol. The molecule has 0 N–H and O–H groups in total. The molecule has 1 fully saturated rings. The summed E-state index contributed by atoms with van der Waals surface area (Å²) in [6.07, 6.45) is 4.56. The Balaban J connectivity index is 1.75. The van der Waals surface area contributed by atoms with Gasteiger partial charge in [0.2, 0.25) is 6.41 Å². The lowest BCUT2D eigenvalue weighted by molar-refractivity contribution is -0.122. The molecule has 0 radical (unpaired) electrons. The Labute approximate surface area is 161 Å². The van der Waals surface area contributed by atoms with Gasteiger partial charge in [-0.1, -0.05) is 6.92 Å². The first-order chi connectivity index (χ1) is 13.1. The summed E-state index contributed by atoms with van der Waals surface area (Å²) >= 11 is 0. The number of fused-ring (bicyclic) bond motifs is 3. The van der Waals surface area contributed by atoms with Crippen LogP contribution >= 0.6 is 0 Å². The van der Waals surface area contributed by atoms with Crippen LogP contribution in [0.15, 0.2) is 12.1 Å². The third kappa shape index (κ3) is 4.05. The molecular weight excluding hydrogens is 347 g/mol. The number of amides is 1. The Hall–Kier alpha value is -1.82. The van der Waals surface area contributed by atoms with E-state index in [1.54, 1.807) is 14.2 Å². The van der Waals surface area contributed by atoms with Crippen LogP contribution in [0.4, 0.5) is 4.39 Å². The molecule has 2 heterocycles. The molecule has 3 atom stereocenters. The van der Waals surface area contributed by atoms with Gasteiger partial charge in [-0.3, -0.25) is 14.1 Å². The van der Waals surface area contributed by atoms with E-state index in [0.29, 0.717) is 12.6 Å². The number of methoxy groups -OCH3 is 2. The van der Waals surface area contributed by atoms with Crippen molar-refractivity contribution in [2.75, 3.05) is 40.5 Å². The fourth-order valence-electron chi connectivity index (χ4n) is 4.48. The molecule has 5 nitrogen and oxygen atoms in total. The average Bonchev–Trinajstić information content (AvgIpc) is 2.73. The van der Waals surface area contributed by atoms with Crippen molar-refractivity contribution in [3.05, 3.63) is 23.3 Å². The fourth-order valence-corrected chi connectivity index (χ4v) is 4.48. The van der Waals surface area contributed by atoms with E-state index in [1.807, 2.05) is 11.8 Å². The zero-order chi connectivity index (χ0) is 19.4. The first kappa shape index (κ1) is 19.9. The number of carbonyl (C=O) groups excluding carboxylic acids is 1. The summed E-state index contributed by atoms with van der Waals surface area (Å²) in [5, 5.41) is 0. The largest absolute Gasteiger partial charge is 0.493 e. The van der Waals surface area contributed by atoms with Crippen LogP contribution in [0.5, 0.6) is 11.5 Å². The van der Waals surface area contributed by atoms with Gasteiger partial charge < -0.3 is 14.4 Å². The van der Waals surface area contributed by atoms with Gasteiger partial charge >= 0.3 is 0 Å². The molecule has 1 amide bonds. The third-order valence-corrected chi connectivity index (χ3v) is 6.20. The van der Waals surface area contributed by atoms with Crippen LogP contribution in [0.1, 0.15) is 43.4 Å². The lowest BCUT2D eigenvalue weighted by Crippen LogP contribution is -2.51. The second-order valence-electron chi connectivity index (χ2n) is 7.63. The summed E-state index contributed by atoms with van der Waals surface area (Å²) in [5.74, 6) is 1.48. The highest BCUT2D eigenvalue weighted by Crippen LogP contribution is 2.42. The van der Waals surface area contributed by atoms with Crippen molar-refractivity contribution < 1.29 is 18.7 Å². The molecule has 3 rings (SSSR count). The van der Waals surface area contributed by atoms with E-state index in [4.69, 9.17) is 9.47 Å². The maximum Gasteiger partial charge on any atom is 0.210 e. The summed E-state index contributed by atoms with van der Waals surface area (Å²) in [7, 11) is 3.33. The highest BCUT2D eigenvalue weighted by molar-refractivity contribution is 5.50. The van der Waals surface area contributed by atoms with Crippen molar-refractivity contribution in [2.24, 2.45) is 5.92 Å². The molecule has 1 aromatic rings. The number of rotatable bonds is 8. The van der Waals surface area contributed by atoms with Crippen molar-refractivity contribution in [3.63, 3.8) is 0 Å². The van der Waals surface area contributed by atoms with E-state index in [9.17, 15) is 9.18 Å². The van der Waals surface area contributed by atoms with Gasteiger partial charge in [0.25, 0.3) is 0 Å². The lowest BCUT2D eigenvalue weighted by Gasteiger charge is -2.46. The second-order valence-corrected chi connectivity index (χ2v) is 7.63. The van der Waals surface area contributed by atoms with Gasteiger partial charge in [0, 0.05) is 37.6 Å². The predicted octanol–water partition coefficient (Wildman–Crippen LogP) is 3.22. The van der Waals surface area contributed by atoms with Crippen molar-refractivity contribution in [1.82, 2.24) is 9.80 Å². The van der Waals surface area contributed by atoms with Crippen LogP contribution in [0.25, 0.3) is 0 Å². The van der Waals surface area contributed by atoms with Gasteiger partial charge in [-0.05, 0) is 48.9 Å². The first-order valence-corrected chi connectivity index (χ1v) is 9.90. The second kappa shape index (κ2) is 8.91. The van der Waals surface area contributed by atoms with Crippen LogP contribution in [-0.4, -0.2) is 62.8 Å². The Bertz CT molecular complexity index is 651. The van der Waals surface area contributed by atoms with Gasteiger partial charge in [0.1, 0.15) is 0 Å². The molecule has 0 bridgehead atoms. The summed E-state index contributed by atoms with van der Waals surface area (Å²) in [6, 6.07) is 4.73. The van der Waals surface area contributed by atoms with Crippen LogP contribution < -0.4 is 9.47 Å². The van der Waals surface area contributed by atoms with E-state index in [-0.39, 0.29) is 18.6 Å². The fraction of sp³-hybridized carbons (Fsp3) is 0.667. The van der Waals surface area contributed by atoms with Crippen LogP contribution in [0.3, 0.4) is 0 Å². The van der Waals surface area contributed by atoms with Gasteiger partial charge in [-0.15, -0.1) is 0 Å². The molecule has 1 saturated heterocycles. The molecular formula is C21H31FN2O3. The number of carbonyl (C=O) groups is 1. The van der Waals surface area contributed by atoms with Gasteiger partial charge in [-0.2, -0.15) is 0 Å². The molecule has 3 unspecified atom stereocenters. The van der Waals surface area contributed by atoms with Crippen molar-refractivity contribution in [1.29, 1.82) is 0 Å². The minimum Gasteiger partial charge on any atom is -0.493 e. The first-order valence-electron chi connectivity index (χ1n) is 9.90. The number of nitrogens with zero attached hydrogens (tertiary/aromatic N) is 2. The minimum absolute atomic E-state index is 0.0632. The molecule has 2 aliphatic rings. The summed E-state index contributed by atoms with van der Waals surface area (Å²) in [5.41, 5.74) is 2.63. The predicted molar refractivity (Wildman–Crippen MR) is 103 cm³/mol. The molecule has 6 heteroatoms. The molecule has 0 aromatic heterocycles. The van der Waals surface area contributed by atoms with Crippen LogP contribution in [0, 0.1) is 5.92 Å². The standard InChI is InChI=1S/C21H31FN2O3/c1-4-15(11-22)12-24(14-25)17-5-6-19-18-10-21(27-3)20(26-2)9-16(18)7-8-23(19)13-17/h9-10,14-15,17,19H,4-8,11-13H2,1-3H3. The number of hydrogen-bond acceptors (Lipinski definition) is 4. The Morgan fingerprint density at radius 2 is 2.04 bits per heavy atom. The minimum atomic E-state index is -0.366. The topological polar surface area (TPSA) is 42.0 Å². The Morgan fingerprint density at radius 1 is 1.30 bits per heavy atom. The third-order valence-electron chi connectivity index (χ3n) is 6.20. The number of ether oxygens (including phenoxy) is 2. The number of alkyl halides is 1. The van der Waals surface area contributed by atoms with E-state index >= 15 is 0 Å². The molecule has 0 aliphatic carbocycles. The maximum atomic E-state index is 13.1. The zero-order valence-electron chi connectivity index (χ0n) is 16.6. The Kier molecular flexibility index (Phi) is 6.58. The van der Waals surface area contributed by atoms with E-state index in [1.165, 1.54) is 11.1 Å². The number of halogens is 1. The molecule has 0 spiro atoms. The lowest BCUT2D eigenvalue weighted by atomic mass is 9.85. The van der Waals surface area contributed by atoms with Gasteiger partial charge in [0.05, 0.1) is 20.9 Å². The highest BCUT2D eigenvalue weighted by Gasteiger charge is 2.36. The monoisotopic (exact) mass is 378 g/mol. The number of piperidine rings is 1. The van der Waals surface area contributed by atoms with Crippen molar-refractivity contribution >= 4 is 6.41 Å². The molecule has 27 heavy (non-hydrogen) atoms. The SMILES string of the molecule is CCC(CF)CN(C=O)C1CCC2c3cc(OC)c(OC)cc3CCN2C1. The molecule has 150 valence electrons. The normalized spacial score (nSPS) is 23.1. The summed E-state index contributed by atoms with van der Waals surface area (Å²) in [4.78, 5) is 15.9. The Morgan fingerprint density at radius 3 is 2.67 bits per heavy atom. The van der Waals surface area contributed by atoms with E-state index in [2.05, 4.69) is 17.0 Å². The molecule has 2 aliphatic heterocycles. The van der Waals surface area contributed by atoms with Crippen LogP contribution in [-0.2, 0) is 11.2 Å². The molecule has 0 saturated carbocycles. The van der Waals surface area contributed by atoms with Gasteiger partial charge in [0.15, 0.2) is 11.5 Å². The van der Waals surface area contributed by atoms with E-state index in [0.717, 1.165) is 56.7 Å². The smallest absolute Gasteiger partial charge is 0.210 e. The summed E-state index contributed by atoms with van der Waals surface area (Å²) < 4.78 is 24.1. The number of benzene rings is 1. The molecule has 1 aromatic carbocycles. The van der Waals surface area contributed by atoms with Crippen molar-refractivity contribution in [2.45, 2.75) is 44.7 Å². The summed E-state index contributed by atoms with van der Waals surface area (Å²) in [6.45, 7) is 3.94. The van der Waals surface area contributed by atoms with E-state index < -0.39 is 0 Å².